The SMILES string of the molecule is NS(=O)(=O)c1cccc(S(=O)(=O)N2CCCC(OCC3CC3)C2)c1. The zero-order chi connectivity index (χ0) is 17.4. The molecule has 0 aromatic heterocycles. The molecule has 1 heterocycles. The zero-order valence-electron chi connectivity index (χ0n) is 13.3. The number of hydrogen-bond acceptors (Lipinski definition) is 5. The Morgan fingerprint density at radius 2 is 1.83 bits per heavy atom. The van der Waals surface area contributed by atoms with Gasteiger partial charge in [0, 0.05) is 19.7 Å². The fourth-order valence-corrected chi connectivity index (χ4v) is 4.97. The van der Waals surface area contributed by atoms with Crippen molar-refractivity contribution in [1.82, 2.24) is 4.31 Å². The predicted octanol–water partition coefficient (Wildman–Crippen LogP) is 0.914. The first-order chi connectivity index (χ1) is 11.3. The number of primary sulfonamides is 1. The van der Waals surface area contributed by atoms with Gasteiger partial charge in [-0.25, -0.2) is 22.0 Å². The molecule has 1 atom stereocenters. The van der Waals surface area contributed by atoms with Gasteiger partial charge in [0.2, 0.25) is 20.0 Å². The maximum Gasteiger partial charge on any atom is 0.243 e. The molecule has 1 saturated heterocycles. The highest BCUT2D eigenvalue weighted by atomic mass is 32.2. The minimum atomic E-state index is -3.95. The Kier molecular flexibility index (Phi) is 4.99. The van der Waals surface area contributed by atoms with Crippen LogP contribution in [0.1, 0.15) is 25.7 Å². The Labute approximate surface area is 142 Å². The highest BCUT2D eigenvalue weighted by Crippen LogP contribution is 2.30. The molecule has 0 spiro atoms. The molecule has 9 heteroatoms. The van der Waals surface area contributed by atoms with Crippen molar-refractivity contribution in [3.63, 3.8) is 0 Å². The summed E-state index contributed by atoms with van der Waals surface area (Å²) in [5.41, 5.74) is 0. The molecule has 1 saturated carbocycles. The highest BCUT2D eigenvalue weighted by Gasteiger charge is 2.32. The lowest BCUT2D eigenvalue weighted by Crippen LogP contribution is -2.43. The summed E-state index contributed by atoms with van der Waals surface area (Å²) in [5, 5.41) is 5.09. The van der Waals surface area contributed by atoms with Gasteiger partial charge in [0.1, 0.15) is 0 Å². The number of hydrogen-bond donors (Lipinski definition) is 1. The van der Waals surface area contributed by atoms with Crippen molar-refractivity contribution in [2.45, 2.75) is 41.6 Å². The normalized spacial score (nSPS) is 23.3. The van der Waals surface area contributed by atoms with E-state index in [-0.39, 0.29) is 15.9 Å². The van der Waals surface area contributed by atoms with Crippen molar-refractivity contribution in [2.75, 3.05) is 19.7 Å². The molecule has 1 aliphatic heterocycles. The van der Waals surface area contributed by atoms with Crippen molar-refractivity contribution in [3.05, 3.63) is 24.3 Å². The Bertz CT molecular complexity index is 803. The van der Waals surface area contributed by atoms with Crippen molar-refractivity contribution in [3.8, 4) is 0 Å². The lowest BCUT2D eigenvalue weighted by Gasteiger charge is -2.32. The summed E-state index contributed by atoms with van der Waals surface area (Å²) in [6.07, 6.45) is 3.85. The van der Waals surface area contributed by atoms with Crippen LogP contribution in [0, 0.1) is 5.92 Å². The van der Waals surface area contributed by atoms with Crippen LogP contribution in [0.3, 0.4) is 0 Å². The first-order valence-corrected chi connectivity index (χ1v) is 11.0. The molecule has 7 nitrogen and oxygen atoms in total. The number of nitrogens with two attached hydrogens (primary N) is 1. The summed E-state index contributed by atoms with van der Waals surface area (Å²) in [6.45, 7) is 1.40. The maximum atomic E-state index is 12.8. The summed E-state index contributed by atoms with van der Waals surface area (Å²) in [7, 11) is -7.71. The largest absolute Gasteiger partial charge is 0.377 e. The van der Waals surface area contributed by atoms with Crippen molar-refractivity contribution < 1.29 is 21.6 Å². The topological polar surface area (TPSA) is 107 Å². The van der Waals surface area contributed by atoms with E-state index < -0.39 is 20.0 Å². The van der Waals surface area contributed by atoms with Crippen LogP contribution in [0.5, 0.6) is 0 Å². The number of nitrogens with zero attached hydrogens (tertiary/aromatic N) is 1. The smallest absolute Gasteiger partial charge is 0.243 e. The lowest BCUT2D eigenvalue weighted by molar-refractivity contribution is 0.0133. The Balaban J connectivity index is 1.76. The number of benzene rings is 1. The van der Waals surface area contributed by atoms with Crippen LogP contribution in [-0.2, 0) is 24.8 Å². The van der Waals surface area contributed by atoms with Crippen molar-refractivity contribution in [2.24, 2.45) is 11.1 Å². The van der Waals surface area contributed by atoms with Crippen molar-refractivity contribution in [1.29, 1.82) is 0 Å². The Morgan fingerprint density at radius 3 is 2.50 bits per heavy atom. The molecule has 1 unspecified atom stereocenters. The van der Waals surface area contributed by atoms with Gasteiger partial charge in [-0.15, -0.1) is 0 Å². The summed E-state index contributed by atoms with van der Waals surface area (Å²) in [6, 6.07) is 5.17. The van der Waals surface area contributed by atoms with Gasteiger partial charge < -0.3 is 4.74 Å². The highest BCUT2D eigenvalue weighted by molar-refractivity contribution is 7.90. The van der Waals surface area contributed by atoms with E-state index in [1.54, 1.807) is 0 Å². The van der Waals surface area contributed by atoms with E-state index in [4.69, 9.17) is 9.88 Å². The molecular formula is C15H22N2O5S2. The van der Waals surface area contributed by atoms with Crippen LogP contribution in [-0.4, -0.2) is 46.9 Å². The van der Waals surface area contributed by atoms with E-state index in [9.17, 15) is 16.8 Å². The minimum Gasteiger partial charge on any atom is -0.377 e. The number of sulfonamides is 2. The van der Waals surface area contributed by atoms with Crippen LogP contribution < -0.4 is 5.14 Å². The second-order valence-corrected chi connectivity index (χ2v) is 9.92. The molecule has 0 bridgehead atoms. The Morgan fingerprint density at radius 1 is 1.12 bits per heavy atom. The molecule has 1 aliphatic carbocycles. The average Bonchev–Trinajstić information content (AvgIpc) is 3.37. The average molecular weight is 374 g/mol. The quantitative estimate of drug-likeness (QED) is 0.796. The van der Waals surface area contributed by atoms with Gasteiger partial charge in [0.25, 0.3) is 0 Å². The molecule has 134 valence electrons. The summed E-state index contributed by atoms with van der Waals surface area (Å²) >= 11 is 0. The second kappa shape index (κ2) is 6.72. The summed E-state index contributed by atoms with van der Waals surface area (Å²) in [5.74, 6) is 0.628. The fourth-order valence-electron chi connectivity index (χ4n) is 2.78. The van der Waals surface area contributed by atoms with Gasteiger partial charge in [-0.3, -0.25) is 0 Å². The fraction of sp³-hybridized carbons (Fsp3) is 0.600. The van der Waals surface area contributed by atoms with E-state index in [1.165, 1.54) is 35.3 Å². The predicted molar refractivity (Wildman–Crippen MR) is 88.3 cm³/mol. The van der Waals surface area contributed by atoms with Gasteiger partial charge in [-0.1, -0.05) is 6.07 Å². The van der Waals surface area contributed by atoms with Gasteiger partial charge in [0.15, 0.2) is 0 Å². The maximum absolute atomic E-state index is 12.8. The third-order valence-electron chi connectivity index (χ3n) is 4.38. The molecule has 1 aromatic rings. The van der Waals surface area contributed by atoms with Crippen LogP contribution >= 0.6 is 0 Å². The third-order valence-corrected chi connectivity index (χ3v) is 7.15. The molecule has 24 heavy (non-hydrogen) atoms. The van der Waals surface area contributed by atoms with Crippen LogP contribution in [0.4, 0.5) is 0 Å². The van der Waals surface area contributed by atoms with Crippen LogP contribution in [0.15, 0.2) is 34.1 Å². The molecule has 2 N–H and O–H groups in total. The van der Waals surface area contributed by atoms with Crippen LogP contribution in [0.2, 0.25) is 0 Å². The molecule has 2 fully saturated rings. The Hall–Kier alpha value is -1.00. The summed E-state index contributed by atoms with van der Waals surface area (Å²) < 4.78 is 55.7. The summed E-state index contributed by atoms with van der Waals surface area (Å²) in [4.78, 5) is -0.265. The van der Waals surface area contributed by atoms with Gasteiger partial charge in [-0.05, 0) is 49.8 Å². The standard InChI is InChI=1S/C15H22N2O5S2/c16-23(18,19)14-4-1-5-15(9-14)24(20,21)17-8-2-3-13(10-17)22-11-12-6-7-12/h1,4-5,9,12-13H,2-3,6-8,10-11H2,(H2,16,18,19). The lowest BCUT2D eigenvalue weighted by atomic mass is 10.1. The van der Waals surface area contributed by atoms with E-state index >= 15 is 0 Å². The van der Waals surface area contributed by atoms with Gasteiger partial charge in [0.05, 0.1) is 15.9 Å². The van der Waals surface area contributed by atoms with E-state index in [0.717, 1.165) is 18.9 Å². The van der Waals surface area contributed by atoms with Gasteiger partial charge >= 0.3 is 0 Å². The second-order valence-electron chi connectivity index (χ2n) is 6.42. The monoisotopic (exact) mass is 374 g/mol. The molecule has 0 amide bonds. The minimum absolute atomic E-state index is 0.0585. The van der Waals surface area contributed by atoms with Gasteiger partial charge in [-0.2, -0.15) is 4.31 Å². The molecule has 2 aliphatic rings. The first kappa shape index (κ1) is 17.8. The van der Waals surface area contributed by atoms with Crippen molar-refractivity contribution >= 4 is 20.0 Å². The van der Waals surface area contributed by atoms with E-state index in [0.29, 0.717) is 25.6 Å². The number of rotatable bonds is 6. The third kappa shape index (κ3) is 4.15. The van der Waals surface area contributed by atoms with E-state index in [1.807, 2.05) is 0 Å². The molecule has 0 radical (unpaired) electrons. The van der Waals surface area contributed by atoms with E-state index in [2.05, 4.69) is 0 Å². The number of piperidine rings is 1. The first-order valence-electron chi connectivity index (χ1n) is 8.01. The molecule has 3 rings (SSSR count). The number of ether oxygens (including phenoxy) is 1. The molecular weight excluding hydrogens is 352 g/mol. The zero-order valence-corrected chi connectivity index (χ0v) is 14.9. The molecule has 1 aromatic carbocycles. The van der Waals surface area contributed by atoms with Crippen LogP contribution in [0.25, 0.3) is 0 Å².